The van der Waals surface area contributed by atoms with E-state index in [1.165, 1.54) is 24.3 Å². The first kappa shape index (κ1) is 11.8. The Kier molecular flexibility index (Phi) is 3.35. The maximum absolute atomic E-state index is 12.4. The molecule has 0 spiro atoms. The van der Waals surface area contributed by atoms with Gasteiger partial charge in [-0.05, 0) is 55.6 Å². The van der Waals surface area contributed by atoms with Gasteiger partial charge in [0.25, 0.3) is 0 Å². The van der Waals surface area contributed by atoms with Gasteiger partial charge in [-0.25, -0.2) is 0 Å². The smallest absolute Gasteiger partial charge is 0.239 e. The Morgan fingerprint density at radius 3 is 3.00 bits per heavy atom. The molecule has 1 amide bonds. The molecule has 0 aromatic carbocycles. The second kappa shape index (κ2) is 4.81. The largest absolute Gasteiger partial charge is 0.341 e. The molecule has 1 N–H and O–H groups in total. The number of amides is 1. The zero-order valence-corrected chi connectivity index (χ0v) is 11.3. The SMILES string of the molecule is CNC1CC2CC2CN(CC2CCSC2)C1=O. The Morgan fingerprint density at radius 2 is 2.29 bits per heavy atom. The summed E-state index contributed by atoms with van der Waals surface area (Å²) >= 11 is 2.04. The van der Waals surface area contributed by atoms with Gasteiger partial charge in [0.15, 0.2) is 0 Å². The molecule has 96 valence electrons. The summed E-state index contributed by atoms with van der Waals surface area (Å²) in [5.74, 6) is 5.27. The first-order valence-corrected chi connectivity index (χ1v) is 7.97. The molecule has 1 saturated carbocycles. The number of likely N-dealkylation sites (tertiary alicyclic amines) is 1. The molecule has 0 radical (unpaired) electrons. The fraction of sp³-hybridized carbons (Fsp3) is 0.923. The van der Waals surface area contributed by atoms with Crippen LogP contribution < -0.4 is 5.32 Å². The molecule has 4 atom stereocenters. The molecule has 3 aliphatic rings. The summed E-state index contributed by atoms with van der Waals surface area (Å²) in [6.45, 7) is 2.04. The maximum atomic E-state index is 12.4. The number of fused-ring (bicyclic) bond motifs is 1. The third-order valence-electron chi connectivity index (χ3n) is 4.52. The van der Waals surface area contributed by atoms with Crippen LogP contribution in [0.15, 0.2) is 0 Å². The summed E-state index contributed by atoms with van der Waals surface area (Å²) in [5.41, 5.74) is 0. The molecule has 0 aromatic rings. The van der Waals surface area contributed by atoms with Gasteiger partial charge in [-0.15, -0.1) is 0 Å². The van der Waals surface area contributed by atoms with Crippen LogP contribution in [-0.2, 0) is 4.79 Å². The van der Waals surface area contributed by atoms with Crippen molar-refractivity contribution in [3.05, 3.63) is 0 Å². The van der Waals surface area contributed by atoms with Crippen molar-refractivity contribution in [2.45, 2.75) is 25.3 Å². The van der Waals surface area contributed by atoms with Gasteiger partial charge in [-0.3, -0.25) is 4.79 Å². The molecular formula is C13H22N2OS. The lowest BCUT2D eigenvalue weighted by atomic mass is 10.1. The monoisotopic (exact) mass is 254 g/mol. The van der Waals surface area contributed by atoms with Gasteiger partial charge in [0.05, 0.1) is 6.04 Å². The molecule has 3 fully saturated rings. The molecule has 0 bridgehead atoms. The topological polar surface area (TPSA) is 32.3 Å². The molecule has 17 heavy (non-hydrogen) atoms. The molecule has 3 nitrogen and oxygen atoms in total. The fourth-order valence-electron chi connectivity index (χ4n) is 3.26. The van der Waals surface area contributed by atoms with Crippen molar-refractivity contribution in [1.82, 2.24) is 10.2 Å². The lowest BCUT2D eigenvalue weighted by Gasteiger charge is -2.27. The van der Waals surface area contributed by atoms with Gasteiger partial charge >= 0.3 is 0 Å². The Labute approximate surface area is 108 Å². The quantitative estimate of drug-likeness (QED) is 0.821. The first-order chi connectivity index (χ1) is 8.28. The predicted molar refractivity (Wildman–Crippen MR) is 71.1 cm³/mol. The minimum atomic E-state index is 0.0848. The Hall–Kier alpha value is -0.220. The van der Waals surface area contributed by atoms with Crippen molar-refractivity contribution in [2.75, 3.05) is 31.6 Å². The van der Waals surface area contributed by atoms with E-state index in [1.807, 2.05) is 18.8 Å². The minimum absolute atomic E-state index is 0.0848. The van der Waals surface area contributed by atoms with Crippen LogP contribution >= 0.6 is 11.8 Å². The second-order valence-electron chi connectivity index (χ2n) is 5.81. The average Bonchev–Trinajstić information content (AvgIpc) is 2.86. The number of likely N-dealkylation sites (N-methyl/N-ethyl adjacent to an activating group) is 1. The number of thioether (sulfide) groups is 1. The van der Waals surface area contributed by atoms with Crippen molar-refractivity contribution in [2.24, 2.45) is 17.8 Å². The van der Waals surface area contributed by atoms with Gasteiger partial charge in [0.2, 0.25) is 5.91 Å². The van der Waals surface area contributed by atoms with Crippen molar-refractivity contribution in [3.8, 4) is 0 Å². The number of carbonyl (C=O) groups is 1. The van der Waals surface area contributed by atoms with E-state index in [9.17, 15) is 4.79 Å². The van der Waals surface area contributed by atoms with E-state index in [2.05, 4.69) is 10.2 Å². The standard InChI is InChI=1S/C13H22N2OS/c1-14-12-5-10-4-11(10)7-15(13(12)16)6-9-2-3-17-8-9/h9-12,14H,2-8H2,1H3. The van der Waals surface area contributed by atoms with Crippen LogP contribution in [0, 0.1) is 17.8 Å². The highest BCUT2D eigenvalue weighted by Crippen LogP contribution is 2.45. The van der Waals surface area contributed by atoms with E-state index in [1.54, 1.807) is 0 Å². The van der Waals surface area contributed by atoms with E-state index in [4.69, 9.17) is 0 Å². The van der Waals surface area contributed by atoms with Gasteiger partial charge in [0.1, 0.15) is 0 Å². The summed E-state index contributed by atoms with van der Waals surface area (Å²) in [6, 6.07) is 0.0848. The lowest BCUT2D eigenvalue weighted by Crippen LogP contribution is -2.46. The van der Waals surface area contributed by atoms with Crippen LogP contribution in [0.3, 0.4) is 0 Å². The summed E-state index contributed by atoms with van der Waals surface area (Å²) in [6.07, 6.45) is 3.71. The Morgan fingerprint density at radius 1 is 1.41 bits per heavy atom. The number of carbonyl (C=O) groups excluding carboxylic acids is 1. The minimum Gasteiger partial charge on any atom is -0.341 e. The molecule has 2 aliphatic heterocycles. The summed E-state index contributed by atoms with van der Waals surface area (Å²) in [5, 5.41) is 3.21. The van der Waals surface area contributed by atoms with E-state index < -0.39 is 0 Å². The van der Waals surface area contributed by atoms with Crippen LogP contribution in [0.2, 0.25) is 0 Å². The van der Waals surface area contributed by atoms with E-state index >= 15 is 0 Å². The molecule has 4 unspecified atom stereocenters. The molecule has 2 heterocycles. The van der Waals surface area contributed by atoms with Crippen LogP contribution in [0.25, 0.3) is 0 Å². The summed E-state index contributed by atoms with van der Waals surface area (Å²) < 4.78 is 0. The normalized spacial score (nSPS) is 41.2. The van der Waals surface area contributed by atoms with Crippen molar-refractivity contribution in [3.63, 3.8) is 0 Å². The van der Waals surface area contributed by atoms with Crippen LogP contribution in [-0.4, -0.2) is 48.5 Å². The third kappa shape index (κ3) is 2.48. The Bertz CT molecular complexity index is 304. The van der Waals surface area contributed by atoms with Gasteiger partial charge < -0.3 is 10.2 Å². The zero-order chi connectivity index (χ0) is 11.8. The first-order valence-electron chi connectivity index (χ1n) is 6.81. The summed E-state index contributed by atoms with van der Waals surface area (Å²) in [7, 11) is 1.93. The highest BCUT2D eigenvalue weighted by atomic mass is 32.2. The van der Waals surface area contributed by atoms with E-state index in [-0.39, 0.29) is 6.04 Å². The van der Waals surface area contributed by atoms with Gasteiger partial charge in [-0.1, -0.05) is 0 Å². The number of hydrogen-bond donors (Lipinski definition) is 1. The van der Waals surface area contributed by atoms with Crippen molar-refractivity contribution >= 4 is 17.7 Å². The molecule has 3 rings (SSSR count). The average molecular weight is 254 g/mol. The van der Waals surface area contributed by atoms with Crippen molar-refractivity contribution < 1.29 is 4.79 Å². The van der Waals surface area contributed by atoms with Gasteiger partial charge in [0, 0.05) is 13.1 Å². The van der Waals surface area contributed by atoms with E-state index in [0.29, 0.717) is 5.91 Å². The van der Waals surface area contributed by atoms with Crippen LogP contribution in [0.5, 0.6) is 0 Å². The number of rotatable bonds is 3. The number of hydrogen-bond acceptors (Lipinski definition) is 3. The summed E-state index contributed by atoms with van der Waals surface area (Å²) in [4.78, 5) is 14.5. The van der Waals surface area contributed by atoms with Gasteiger partial charge in [-0.2, -0.15) is 11.8 Å². The van der Waals surface area contributed by atoms with Crippen molar-refractivity contribution in [1.29, 1.82) is 0 Å². The number of nitrogens with one attached hydrogen (secondary N) is 1. The third-order valence-corrected chi connectivity index (χ3v) is 5.75. The lowest BCUT2D eigenvalue weighted by molar-refractivity contribution is -0.133. The molecule has 2 saturated heterocycles. The fourth-order valence-corrected chi connectivity index (χ4v) is 4.54. The molecule has 0 aromatic heterocycles. The maximum Gasteiger partial charge on any atom is 0.239 e. The highest BCUT2D eigenvalue weighted by molar-refractivity contribution is 7.99. The van der Waals surface area contributed by atoms with Crippen LogP contribution in [0.4, 0.5) is 0 Å². The second-order valence-corrected chi connectivity index (χ2v) is 6.96. The molecule has 1 aliphatic carbocycles. The predicted octanol–water partition coefficient (Wildman–Crippen LogP) is 1.20. The van der Waals surface area contributed by atoms with E-state index in [0.717, 1.165) is 37.3 Å². The molecular weight excluding hydrogens is 232 g/mol. The molecule has 4 heteroatoms. The highest BCUT2D eigenvalue weighted by Gasteiger charge is 2.45. The Balaban J connectivity index is 1.65. The zero-order valence-electron chi connectivity index (χ0n) is 10.5. The van der Waals surface area contributed by atoms with Crippen LogP contribution in [0.1, 0.15) is 19.3 Å². The number of nitrogens with zero attached hydrogens (tertiary/aromatic N) is 1.